The van der Waals surface area contributed by atoms with Crippen molar-refractivity contribution >= 4 is 33.6 Å². The fourth-order valence-electron chi connectivity index (χ4n) is 2.90. The second-order valence-electron chi connectivity index (χ2n) is 5.98. The predicted molar refractivity (Wildman–Crippen MR) is 109 cm³/mol. The Bertz CT molecular complexity index is 657. The van der Waals surface area contributed by atoms with Crippen LogP contribution in [0.1, 0.15) is 23.7 Å². The third-order valence-electron chi connectivity index (χ3n) is 4.27. The standard InChI is InChI=1S/C18H27N5S2/c1-3-15-14-21-16(25-15)7-8-20-18(19-4-2)23-11-9-22(10-12-23)17-6-5-13-24-17/h5-6,13-14H,3-4,7-12H2,1-2H3,(H,19,20). The molecule has 1 saturated heterocycles. The van der Waals surface area contributed by atoms with Gasteiger partial charge in [-0.05, 0) is 30.9 Å². The lowest BCUT2D eigenvalue weighted by Crippen LogP contribution is -2.52. The Labute approximate surface area is 158 Å². The van der Waals surface area contributed by atoms with E-state index >= 15 is 0 Å². The highest BCUT2D eigenvalue weighted by molar-refractivity contribution is 7.14. The molecule has 1 N–H and O–H groups in total. The van der Waals surface area contributed by atoms with Crippen LogP contribution in [0.15, 0.2) is 28.7 Å². The molecule has 3 rings (SSSR count). The number of nitrogens with one attached hydrogen (secondary N) is 1. The predicted octanol–water partition coefficient (Wildman–Crippen LogP) is 3.10. The molecule has 0 saturated carbocycles. The molecule has 7 heteroatoms. The number of aryl methyl sites for hydroxylation is 1. The second kappa shape index (κ2) is 9.20. The van der Waals surface area contributed by atoms with Crippen molar-refractivity contribution in [1.29, 1.82) is 0 Å². The minimum Gasteiger partial charge on any atom is -0.360 e. The van der Waals surface area contributed by atoms with Crippen LogP contribution >= 0.6 is 22.7 Å². The normalized spacial score (nSPS) is 15.7. The van der Waals surface area contributed by atoms with E-state index in [9.17, 15) is 0 Å². The summed E-state index contributed by atoms with van der Waals surface area (Å²) in [5.41, 5.74) is 0. The maximum absolute atomic E-state index is 4.84. The highest BCUT2D eigenvalue weighted by atomic mass is 32.1. The van der Waals surface area contributed by atoms with Gasteiger partial charge in [-0.25, -0.2) is 4.98 Å². The Balaban J connectivity index is 1.53. The summed E-state index contributed by atoms with van der Waals surface area (Å²) in [4.78, 5) is 15.5. The van der Waals surface area contributed by atoms with E-state index in [-0.39, 0.29) is 0 Å². The first kappa shape index (κ1) is 18.2. The van der Waals surface area contributed by atoms with E-state index in [1.807, 2.05) is 28.9 Å². The lowest BCUT2D eigenvalue weighted by Gasteiger charge is -2.37. The van der Waals surface area contributed by atoms with Crippen LogP contribution in [0.3, 0.4) is 0 Å². The van der Waals surface area contributed by atoms with Gasteiger partial charge in [-0.15, -0.1) is 22.7 Å². The van der Waals surface area contributed by atoms with Crippen LogP contribution in [-0.2, 0) is 12.8 Å². The number of guanidine groups is 1. The molecular weight excluding hydrogens is 350 g/mol. The summed E-state index contributed by atoms with van der Waals surface area (Å²) in [6, 6.07) is 4.33. The van der Waals surface area contributed by atoms with Crippen molar-refractivity contribution in [2.45, 2.75) is 26.7 Å². The summed E-state index contributed by atoms with van der Waals surface area (Å²) in [7, 11) is 0. The molecule has 2 aromatic rings. The van der Waals surface area contributed by atoms with Gasteiger partial charge in [0.15, 0.2) is 5.96 Å². The molecule has 5 nitrogen and oxygen atoms in total. The van der Waals surface area contributed by atoms with Crippen LogP contribution in [0.5, 0.6) is 0 Å². The SMILES string of the molecule is CCNC(=NCCc1ncc(CC)s1)N1CCN(c2cccs2)CC1. The Morgan fingerprint density at radius 3 is 2.76 bits per heavy atom. The van der Waals surface area contributed by atoms with Crippen LogP contribution < -0.4 is 10.2 Å². The number of hydrogen-bond acceptors (Lipinski definition) is 5. The van der Waals surface area contributed by atoms with Crippen molar-refractivity contribution in [3.63, 3.8) is 0 Å². The van der Waals surface area contributed by atoms with Gasteiger partial charge in [0.1, 0.15) is 0 Å². The third-order valence-corrected chi connectivity index (χ3v) is 6.40. The van der Waals surface area contributed by atoms with E-state index in [4.69, 9.17) is 4.99 Å². The maximum Gasteiger partial charge on any atom is 0.194 e. The highest BCUT2D eigenvalue weighted by Crippen LogP contribution is 2.22. The summed E-state index contributed by atoms with van der Waals surface area (Å²) in [5, 5.41) is 8.16. The summed E-state index contributed by atoms with van der Waals surface area (Å²) < 4.78 is 0. The maximum atomic E-state index is 4.84. The quantitative estimate of drug-likeness (QED) is 0.621. The van der Waals surface area contributed by atoms with Crippen molar-refractivity contribution < 1.29 is 0 Å². The first-order valence-electron chi connectivity index (χ1n) is 9.05. The minimum atomic E-state index is 0.796. The average molecular weight is 378 g/mol. The molecule has 3 heterocycles. The summed E-state index contributed by atoms with van der Waals surface area (Å²) in [5.74, 6) is 1.04. The van der Waals surface area contributed by atoms with Gasteiger partial charge in [-0.3, -0.25) is 4.99 Å². The second-order valence-corrected chi connectivity index (χ2v) is 8.11. The number of piperazine rings is 1. The zero-order valence-electron chi connectivity index (χ0n) is 15.1. The molecule has 0 amide bonds. The average Bonchev–Trinajstić information content (AvgIpc) is 3.33. The van der Waals surface area contributed by atoms with E-state index in [1.165, 1.54) is 14.9 Å². The molecule has 25 heavy (non-hydrogen) atoms. The van der Waals surface area contributed by atoms with Crippen LogP contribution in [0, 0.1) is 0 Å². The van der Waals surface area contributed by atoms with Gasteiger partial charge in [-0.1, -0.05) is 6.92 Å². The van der Waals surface area contributed by atoms with E-state index in [0.717, 1.165) is 58.1 Å². The fourth-order valence-corrected chi connectivity index (χ4v) is 4.54. The Hall–Kier alpha value is -1.60. The van der Waals surface area contributed by atoms with E-state index in [2.05, 4.69) is 51.5 Å². The topological polar surface area (TPSA) is 43.8 Å². The smallest absolute Gasteiger partial charge is 0.194 e. The lowest BCUT2D eigenvalue weighted by molar-refractivity contribution is 0.373. The van der Waals surface area contributed by atoms with E-state index in [0.29, 0.717) is 0 Å². The van der Waals surface area contributed by atoms with Gasteiger partial charge < -0.3 is 15.1 Å². The molecule has 1 aliphatic rings. The monoisotopic (exact) mass is 377 g/mol. The largest absolute Gasteiger partial charge is 0.360 e. The number of aliphatic imine (C=N–C) groups is 1. The molecule has 0 spiro atoms. The molecule has 1 aliphatic heterocycles. The Kier molecular flexibility index (Phi) is 6.69. The zero-order chi connectivity index (χ0) is 17.5. The van der Waals surface area contributed by atoms with Crippen LogP contribution in [0.2, 0.25) is 0 Å². The Morgan fingerprint density at radius 2 is 2.12 bits per heavy atom. The third kappa shape index (κ3) is 4.95. The van der Waals surface area contributed by atoms with Crippen molar-refractivity contribution in [2.24, 2.45) is 4.99 Å². The Morgan fingerprint density at radius 1 is 1.28 bits per heavy atom. The first-order chi connectivity index (χ1) is 12.3. The number of nitrogens with zero attached hydrogens (tertiary/aromatic N) is 4. The summed E-state index contributed by atoms with van der Waals surface area (Å²) >= 11 is 3.63. The van der Waals surface area contributed by atoms with Crippen molar-refractivity contribution in [2.75, 3.05) is 44.2 Å². The van der Waals surface area contributed by atoms with Crippen LogP contribution in [0.4, 0.5) is 5.00 Å². The number of thiophene rings is 1. The van der Waals surface area contributed by atoms with Crippen LogP contribution in [-0.4, -0.2) is 55.1 Å². The molecule has 1 fully saturated rings. The van der Waals surface area contributed by atoms with Gasteiger partial charge >= 0.3 is 0 Å². The number of thiazole rings is 1. The molecule has 0 radical (unpaired) electrons. The van der Waals surface area contributed by atoms with Crippen LogP contribution in [0.25, 0.3) is 0 Å². The van der Waals surface area contributed by atoms with E-state index in [1.54, 1.807) is 0 Å². The van der Waals surface area contributed by atoms with Crippen molar-refractivity contribution in [3.8, 4) is 0 Å². The van der Waals surface area contributed by atoms with Gasteiger partial charge in [0.2, 0.25) is 0 Å². The zero-order valence-corrected chi connectivity index (χ0v) is 16.7. The summed E-state index contributed by atoms with van der Waals surface area (Å²) in [6.07, 6.45) is 3.99. The molecule has 2 aromatic heterocycles. The van der Waals surface area contributed by atoms with Crippen molar-refractivity contribution in [3.05, 3.63) is 33.6 Å². The lowest BCUT2D eigenvalue weighted by atomic mass is 10.3. The number of rotatable bonds is 6. The summed E-state index contributed by atoms with van der Waals surface area (Å²) in [6.45, 7) is 10.1. The van der Waals surface area contributed by atoms with Gasteiger partial charge in [0.25, 0.3) is 0 Å². The van der Waals surface area contributed by atoms with Crippen molar-refractivity contribution in [1.82, 2.24) is 15.2 Å². The molecule has 0 unspecified atom stereocenters. The number of hydrogen-bond donors (Lipinski definition) is 1. The van der Waals surface area contributed by atoms with Gasteiger partial charge in [0, 0.05) is 56.8 Å². The number of aromatic nitrogens is 1. The van der Waals surface area contributed by atoms with Gasteiger partial charge in [-0.2, -0.15) is 0 Å². The highest BCUT2D eigenvalue weighted by Gasteiger charge is 2.20. The van der Waals surface area contributed by atoms with Gasteiger partial charge in [0.05, 0.1) is 10.0 Å². The fraction of sp³-hybridized carbons (Fsp3) is 0.556. The molecule has 0 atom stereocenters. The molecule has 0 aromatic carbocycles. The minimum absolute atomic E-state index is 0.796. The van der Waals surface area contributed by atoms with E-state index < -0.39 is 0 Å². The molecule has 0 bridgehead atoms. The molecular formula is C18H27N5S2. The number of anilines is 1. The molecule has 136 valence electrons. The molecule has 0 aliphatic carbocycles. The first-order valence-corrected chi connectivity index (χ1v) is 10.7.